The number of piperazine rings is 1. The lowest BCUT2D eigenvalue weighted by Gasteiger charge is -2.36. The van der Waals surface area contributed by atoms with Crippen LogP contribution < -0.4 is 10.0 Å². The molecule has 1 aliphatic rings. The lowest BCUT2D eigenvalue weighted by molar-refractivity contribution is -0.384. The van der Waals surface area contributed by atoms with Crippen LogP contribution >= 0.6 is 0 Å². The van der Waals surface area contributed by atoms with E-state index in [4.69, 9.17) is 0 Å². The summed E-state index contributed by atoms with van der Waals surface area (Å²) in [6.45, 7) is 2.22. The van der Waals surface area contributed by atoms with E-state index in [9.17, 15) is 24.8 Å². The molecule has 0 aromatic heterocycles. The Labute approximate surface area is 127 Å². The average molecular weight is 306 g/mol. The standard InChI is InChI=1S/C14H17N3O5/c18-13(5-6-14(19)20)16-9-7-15(8-10-16)11-1-3-12(4-2-11)17(21)22/h1-4H,5-10H2,(H,19,20)/p-1. The number of nitro groups is 1. The minimum Gasteiger partial charge on any atom is -0.550 e. The number of hydrogen-bond acceptors (Lipinski definition) is 6. The van der Waals surface area contributed by atoms with Crippen molar-refractivity contribution in [3.8, 4) is 0 Å². The van der Waals surface area contributed by atoms with Crippen LogP contribution in [0, 0.1) is 10.1 Å². The number of carbonyl (C=O) groups excluding carboxylic acids is 2. The molecule has 1 aromatic carbocycles. The van der Waals surface area contributed by atoms with Crippen LogP contribution in [0.2, 0.25) is 0 Å². The van der Waals surface area contributed by atoms with Crippen LogP contribution in [0.4, 0.5) is 11.4 Å². The van der Waals surface area contributed by atoms with Crippen molar-refractivity contribution < 1.29 is 19.6 Å². The highest BCUT2D eigenvalue weighted by atomic mass is 16.6. The van der Waals surface area contributed by atoms with Gasteiger partial charge in [-0.1, -0.05) is 0 Å². The van der Waals surface area contributed by atoms with Crippen LogP contribution in [-0.2, 0) is 9.59 Å². The molecule has 1 amide bonds. The second-order valence-corrected chi connectivity index (χ2v) is 5.01. The Balaban J connectivity index is 1.87. The van der Waals surface area contributed by atoms with Crippen molar-refractivity contribution in [1.82, 2.24) is 4.90 Å². The van der Waals surface area contributed by atoms with Crippen LogP contribution in [0.5, 0.6) is 0 Å². The van der Waals surface area contributed by atoms with Crippen LogP contribution in [-0.4, -0.2) is 47.9 Å². The maximum Gasteiger partial charge on any atom is 0.269 e. The Morgan fingerprint density at radius 3 is 2.14 bits per heavy atom. The van der Waals surface area contributed by atoms with E-state index < -0.39 is 10.9 Å². The molecule has 0 bridgehead atoms. The van der Waals surface area contributed by atoms with E-state index in [0.717, 1.165) is 5.69 Å². The molecule has 1 saturated heterocycles. The number of benzene rings is 1. The molecule has 1 aliphatic heterocycles. The number of non-ortho nitro benzene ring substituents is 1. The number of anilines is 1. The minimum atomic E-state index is -1.22. The van der Waals surface area contributed by atoms with Crippen LogP contribution in [0.3, 0.4) is 0 Å². The zero-order valence-corrected chi connectivity index (χ0v) is 11.9. The van der Waals surface area contributed by atoms with Crippen molar-refractivity contribution in [1.29, 1.82) is 0 Å². The molecular weight excluding hydrogens is 290 g/mol. The molecule has 0 radical (unpaired) electrons. The van der Waals surface area contributed by atoms with Crippen molar-refractivity contribution in [2.75, 3.05) is 31.1 Å². The smallest absolute Gasteiger partial charge is 0.269 e. The Morgan fingerprint density at radius 1 is 1.05 bits per heavy atom. The molecule has 8 nitrogen and oxygen atoms in total. The average Bonchev–Trinajstić information content (AvgIpc) is 2.53. The summed E-state index contributed by atoms with van der Waals surface area (Å²) in [5.41, 5.74) is 0.910. The lowest BCUT2D eigenvalue weighted by Crippen LogP contribution is -2.49. The zero-order valence-electron chi connectivity index (χ0n) is 11.9. The summed E-state index contributed by atoms with van der Waals surface area (Å²) in [5.74, 6) is -1.41. The number of hydrogen-bond donors (Lipinski definition) is 0. The second kappa shape index (κ2) is 6.88. The molecule has 118 valence electrons. The van der Waals surface area contributed by atoms with Gasteiger partial charge in [-0.15, -0.1) is 0 Å². The normalized spacial score (nSPS) is 14.7. The number of carboxylic acid groups (broad SMARTS) is 1. The van der Waals surface area contributed by atoms with Crippen molar-refractivity contribution in [3.63, 3.8) is 0 Å². The first-order valence-electron chi connectivity index (χ1n) is 6.94. The number of amides is 1. The van der Waals surface area contributed by atoms with Crippen molar-refractivity contribution in [2.24, 2.45) is 0 Å². The largest absolute Gasteiger partial charge is 0.550 e. The molecule has 1 fully saturated rings. The molecule has 0 unspecified atom stereocenters. The second-order valence-electron chi connectivity index (χ2n) is 5.01. The molecule has 1 aromatic rings. The molecule has 0 atom stereocenters. The molecule has 0 spiro atoms. The summed E-state index contributed by atoms with van der Waals surface area (Å²) in [4.78, 5) is 36.0. The number of carboxylic acids is 1. The van der Waals surface area contributed by atoms with Crippen LogP contribution in [0.25, 0.3) is 0 Å². The van der Waals surface area contributed by atoms with Gasteiger partial charge in [-0.25, -0.2) is 0 Å². The fourth-order valence-corrected chi connectivity index (χ4v) is 2.37. The van der Waals surface area contributed by atoms with E-state index >= 15 is 0 Å². The molecule has 0 aliphatic carbocycles. The van der Waals surface area contributed by atoms with Gasteiger partial charge in [0.2, 0.25) is 5.91 Å². The Bertz CT molecular complexity index is 564. The topological polar surface area (TPSA) is 107 Å². The summed E-state index contributed by atoms with van der Waals surface area (Å²) < 4.78 is 0. The molecule has 2 rings (SSSR count). The minimum absolute atomic E-state index is 0.0415. The highest BCUT2D eigenvalue weighted by Crippen LogP contribution is 2.20. The summed E-state index contributed by atoms with van der Waals surface area (Å²) in [6, 6.07) is 6.27. The first-order valence-corrected chi connectivity index (χ1v) is 6.94. The highest BCUT2D eigenvalue weighted by Gasteiger charge is 2.21. The third-order valence-corrected chi connectivity index (χ3v) is 3.60. The number of carbonyl (C=O) groups is 2. The van der Waals surface area contributed by atoms with Gasteiger partial charge < -0.3 is 19.7 Å². The zero-order chi connectivity index (χ0) is 16.1. The van der Waals surface area contributed by atoms with Gasteiger partial charge in [0.1, 0.15) is 0 Å². The SMILES string of the molecule is O=C([O-])CCC(=O)N1CCN(c2ccc([N+](=O)[O-])cc2)CC1. The molecular formula is C14H16N3O5-. The monoisotopic (exact) mass is 306 g/mol. The van der Waals surface area contributed by atoms with E-state index in [0.29, 0.717) is 26.2 Å². The number of rotatable bonds is 5. The van der Waals surface area contributed by atoms with E-state index in [-0.39, 0.29) is 24.4 Å². The van der Waals surface area contributed by atoms with Crippen molar-refractivity contribution in [3.05, 3.63) is 34.4 Å². The summed E-state index contributed by atoms with van der Waals surface area (Å²) in [6.07, 6.45) is -0.304. The molecule has 8 heteroatoms. The van der Waals surface area contributed by atoms with Gasteiger partial charge in [-0.3, -0.25) is 14.9 Å². The van der Waals surface area contributed by atoms with Crippen molar-refractivity contribution >= 4 is 23.3 Å². The van der Waals surface area contributed by atoms with E-state index in [1.165, 1.54) is 12.1 Å². The Hall–Kier alpha value is -2.64. The van der Waals surface area contributed by atoms with Gasteiger partial charge in [0.05, 0.1) is 4.92 Å². The quantitative estimate of drug-likeness (QED) is 0.549. The highest BCUT2D eigenvalue weighted by molar-refractivity contribution is 5.80. The lowest BCUT2D eigenvalue weighted by atomic mass is 10.2. The molecule has 0 saturated carbocycles. The summed E-state index contributed by atoms with van der Waals surface area (Å²) in [5, 5.41) is 21.0. The third kappa shape index (κ3) is 3.94. The predicted molar refractivity (Wildman–Crippen MR) is 76.1 cm³/mol. The third-order valence-electron chi connectivity index (χ3n) is 3.60. The maximum absolute atomic E-state index is 11.8. The first-order chi connectivity index (χ1) is 10.5. The van der Waals surface area contributed by atoms with Gasteiger partial charge in [-0.05, 0) is 18.6 Å². The van der Waals surface area contributed by atoms with E-state index in [1.54, 1.807) is 17.0 Å². The van der Waals surface area contributed by atoms with Crippen LogP contribution in [0.1, 0.15) is 12.8 Å². The maximum atomic E-state index is 11.8. The fourth-order valence-electron chi connectivity index (χ4n) is 2.37. The molecule has 22 heavy (non-hydrogen) atoms. The number of nitrogens with zero attached hydrogens (tertiary/aromatic N) is 3. The summed E-state index contributed by atoms with van der Waals surface area (Å²) in [7, 11) is 0. The van der Waals surface area contributed by atoms with E-state index in [1.807, 2.05) is 4.90 Å². The predicted octanol–water partition coefficient (Wildman–Crippen LogP) is -0.227. The first kappa shape index (κ1) is 15.7. The molecule has 0 N–H and O–H groups in total. The Morgan fingerprint density at radius 2 is 1.64 bits per heavy atom. The number of nitro benzene ring substituents is 1. The Kier molecular flexibility index (Phi) is 4.92. The fraction of sp³-hybridized carbons (Fsp3) is 0.429. The van der Waals surface area contributed by atoms with Gasteiger partial charge in [-0.2, -0.15) is 0 Å². The van der Waals surface area contributed by atoms with Gasteiger partial charge in [0, 0.05) is 56.4 Å². The van der Waals surface area contributed by atoms with E-state index in [2.05, 4.69) is 0 Å². The van der Waals surface area contributed by atoms with Crippen molar-refractivity contribution in [2.45, 2.75) is 12.8 Å². The van der Waals surface area contributed by atoms with Crippen LogP contribution in [0.15, 0.2) is 24.3 Å². The summed E-state index contributed by atoms with van der Waals surface area (Å²) >= 11 is 0. The van der Waals surface area contributed by atoms with Gasteiger partial charge >= 0.3 is 0 Å². The number of aliphatic carboxylic acids is 1. The van der Waals surface area contributed by atoms with Gasteiger partial charge in [0.25, 0.3) is 5.69 Å². The van der Waals surface area contributed by atoms with Gasteiger partial charge in [0.15, 0.2) is 0 Å². The molecule has 1 heterocycles.